The lowest BCUT2D eigenvalue weighted by molar-refractivity contribution is 0.0600. The third-order valence-corrected chi connectivity index (χ3v) is 3.70. The molecule has 0 saturated carbocycles. The number of carbonyl (C=O) groups excluding carboxylic acids is 2. The van der Waals surface area contributed by atoms with Gasteiger partial charge in [0.2, 0.25) is 0 Å². The number of carbonyl (C=O) groups is 2. The molecule has 0 heterocycles. The molecule has 0 spiro atoms. The lowest BCUT2D eigenvalue weighted by Gasteiger charge is -2.04. The highest BCUT2D eigenvalue weighted by molar-refractivity contribution is 5.98. The molecule has 0 fully saturated rings. The van der Waals surface area contributed by atoms with E-state index in [0.29, 0.717) is 28.7 Å². The maximum Gasteiger partial charge on any atom is 0.339 e. The minimum Gasteiger partial charge on any atom is -0.465 e. The first-order valence-corrected chi connectivity index (χ1v) is 8.10. The van der Waals surface area contributed by atoms with Gasteiger partial charge < -0.3 is 4.74 Å². The monoisotopic (exact) mass is 332 g/mol. The third-order valence-electron chi connectivity index (χ3n) is 3.70. The van der Waals surface area contributed by atoms with Gasteiger partial charge in [-0.3, -0.25) is 4.79 Å². The van der Waals surface area contributed by atoms with Gasteiger partial charge in [-0.2, -0.15) is 0 Å². The average Bonchev–Trinajstić information content (AvgIpc) is 2.66. The first kappa shape index (κ1) is 18.2. The largest absolute Gasteiger partial charge is 0.465 e. The first-order valence-electron chi connectivity index (χ1n) is 8.10. The van der Waals surface area contributed by atoms with Gasteiger partial charge in [-0.15, -0.1) is 6.58 Å². The van der Waals surface area contributed by atoms with Crippen LogP contribution in [0.15, 0.2) is 61.2 Å². The van der Waals surface area contributed by atoms with Crippen molar-refractivity contribution in [3.8, 4) is 11.8 Å². The fourth-order valence-electron chi connectivity index (χ4n) is 2.39. The van der Waals surface area contributed by atoms with Crippen molar-refractivity contribution in [3.05, 3.63) is 83.4 Å². The van der Waals surface area contributed by atoms with Crippen molar-refractivity contribution in [2.75, 3.05) is 7.11 Å². The second-order valence-corrected chi connectivity index (χ2v) is 5.44. The van der Waals surface area contributed by atoms with Crippen molar-refractivity contribution in [1.29, 1.82) is 0 Å². The molecule has 0 aliphatic rings. The molecule has 0 aliphatic heterocycles. The highest BCUT2D eigenvalue weighted by Gasteiger charge is 2.11. The van der Waals surface area contributed by atoms with Gasteiger partial charge in [0.15, 0.2) is 5.78 Å². The Labute approximate surface area is 148 Å². The molecule has 2 aromatic rings. The molecule has 0 saturated heterocycles. The summed E-state index contributed by atoms with van der Waals surface area (Å²) in [5.41, 5.74) is 2.25. The Morgan fingerprint density at radius 1 is 1.00 bits per heavy atom. The third kappa shape index (κ3) is 4.92. The van der Waals surface area contributed by atoms with E-state index in [4.69, 9.17) is 4.74 Å². The van der Waals surface area contributed by atoms with Crippen LogP contribution in [0.2, 0.25) is 0 Å². The lowest BCUT2D eigenvalue weighted by atomic mass is 9.99. The average molecular weight is 332 g/mol. The van der Waals surface area contributed by atoms with E-state index in [1.807, 2.05) is 30.3 Å². The highest BCUT2D eigenvalue weighted by atomic mass is 16.5. The van der Waals surface area contributed by atoms with Crippen molar-refractivity contribution in [2.45, 2.75) is 19.3 Å². The Kier molecular flexibility index (Phi) is 6.74. The van der Waals surface area contributed by atoms with Gasteiger partial charge in [0.05, 0.1) is 12.7 Å². The Balaban J connectivity index is 2.31. The summed E-state index contributed by atoms with van der Waals surface area (Å²) in [4.78, 5) is 24.2. The summed E-state index contributed by atoms with van der Waals surface area (Å²) in [5, 5.41) is 0. The maximum absolute atomic E-state index is 12.4. The van der Waals surface area contributed by atoms with Crippen LogP contribution in [0.4, 0.5) is 0 Å². The van der Waals surface area contributed by atoms with E-state index in [1.54, 1.807) is 24.3 Å². The molecule has 0 atom stereocenters. The molecule has 126 valence electrons. The van der Waals surface area contributed by atoms with Crippen LogP contribution in [0, 0.1) is 11.8 Å². The number of hydrogen-bond donors (Lipinski definition) is 0. The molecular weight excluding hydrogens is 312 g/mol. The van der Waals surface area contributed by atoms with Gasteiger partial charge in [-0.05, 0) is 31.0 Å². The first-order chi connectivity index (χ1) is 12.2. The van der Waals surface area contributed by atoms with Crippen LogP contribution >= 0.6 is 0 Å². The van der Waals surface area contributed by atoms with E-state index < -0.39 is 5.97 Å². The summed E-state index contributed by atoms with van der Waals surface area (Å²) in [6, 6.07) is 14.3. The minimum absolute atomic E-state index is 0.0630. The van der Waals surface area contributed by atoms with Gasteiger partial charge in [0.25, 0.3) is 0 Å². The zero-order valence-corrected chi connectivity index (χ0v) is 14.2. The van der Waals surface area contributed by atoms with Crippen molar-refractivity contribution in [1.82, 2.24) is 0 Å². The number of rotatable bonds is 6. The summed E-state index contributed by atoms with van der Waals surface area (Å²) in [5.74, 6) is 5.64. The summed E-state index contributed by atoms with van der Waals surface area (Å²) >= 11 is 0. The predicted octanol–water partition coefficient (Wildman–Crippen LogP) is 4.41. The highest BCUT2D eigenvalue weighted by Crippen LogP contribution is 2.14. The molecule has 25 heavy (non-hydrogen) atoms. The molecular formula is C22H20O3. The van der Waals surface area contributed by atoms with Crippen molar-refractivity contribution >= 4 is 11.8 Å². The number of esters is 1. The topological polar surface area (TPSA) is 43.4 Å². The van der Waals surface area contributed by atoms with E-state index in [1.165, 1.54) is 7.11 Å². The number of hydrogen-bond acceptors (Lipinski definition) is 3. The molecule has 0 N–H and O–H groups in total. The molecule has 0 radical (unpaired) electrons. The van der Waals surface area contributed by atoms with Crippen LogP contribution in [0.1, 0.15) is 51.1 Å². The van der Waals surface area contributed by atoms with Gasteiger partial charge in [0.1, 0.15) is 0 Å². The Hall–Kier alpha value is -3.12. The Morgan fingerprint density at radius 3 is 2.16 bits per heavy atom. The maximum atomic E-state index is 12.4. The fraction of sp³-hybridized carbons (Fsp3) is 0.182. The van der Waals surface area contributed by atoms with E-state index in [0.717, 1.165) is 12.8 Å². The van der Waals surface area contributed by atoms with Crippen LogP contribution in [0.25, 0.3) is 0 Å². The van der Waals surface area contributed by atoms with Crippen molar-refractivity contribution in [2.24, 2.45) is 0 Å². The van der Waals surface area contributed by atoms with E-state index in [-0.39, 0.29) is 5.78 Å². The predicted molar refractivity (Wildman–Crippen MR) is 98.6 cm³/mol. The second-order valence-electron chi connectivity index (χ2n) is 5.44. The molecule has 0 aromatic heterocycles. The molecule has 2 rings (SSSR count). The molecule has 0 aliphatic carbocycles. The number of unbranched alkanes of at least 4 members (excludes halogenated alkanes) is 1. The summed E-state index contributed by atoms with van der Waals surface area (Å²) in [7, 11) is 1.34. The van der Waals surface area contributed by atoms with Crippen LogP contribution in [0.5, 0.6) is 0 Å². The summed E-state index contributed by atoms with van der Waals surface area (Å²) < 4.78 is 4.78. The van der Waals surface area contributed by atoms with Crippen LogP contribution < -0.4 is 0 Å². The quantitative estimate of drug-likeness (QED) is 0.259. The fourth-order valence-corrected chi connectivity index (χ4v) is 2.39. The van der Waals surface area contributed by atoms with Gasteiger partial charge in [-0.1, -0.05) is 48.2 Å². The number of Topliss-reactive ketones (excluding diaryl/α,β-unsaturated/α-hetero) is 1. The smallest absolute Gasteiger partial charge is 0.339 e. The molecule has 0 unspecified atom stereocenters. The van der Waals surface area contributed by atoms with Gasteiger partial charge in [0, 0.05) is 23.1 Å². The summed E-state index contributed by atoms with van der Waals surface area (Å²) in [6.07, 6.45) is 3.85. The normalized spacial score (nSPS) is 9.64. The molecule has 3 nitrogen and oxygen atoms in total. The van der Waals surface area contributed by atoms with E-state index >= 15 is 0 Å². The Bertz CT molecular complexity index is 838. The molecule has 2 aromatic carbocycles. The number of benzene rings is 2. The number of methoxy groups -OCH3 is 1. The zero-order chi connectivity index (χ0) is 18.1. The van der Waals surface area contributed by atoms with Crippen molar-refractivity contribution in [3.63, 3.8) is 0 Å². The number of allylic oxidation sites excluding steroid dienone is 1. The van der Waals surface area contributed by atoms with Crippen LogP contribution in [-0.4, -0.2) is 18.9 Å². The number of ketones is 1. The van der Waals surface area contributed by atoms with E-state index in [9.17, 15) is 9.59 Å². The van der Waals surface area contributed by atoms with Gasteiger partial charge >= 0.3 is 5.97 Å². The van der Waals surface area contributed by atoms with Gasteiger partial charge in [-0.25, -0.2) is 4.79 Å². The van der Waals surface area contributed by atoms with Crippen LogP contribution in [-0.2, 0) is 4.74 Å². The number of ether oxygens (including phenoxy) is 1. The second kappa shape index (κ2) is 9.24. The zero-order valence-electron chi connectivity index (χ0n) is 14.2. The lowest BCUT2D eigenvalue weighted by Crippen LogP contribution is -2.04. The van der Waals surface area contributed by atoms with E-state index in [2.05, 4.69) is 18.4 Å². The standard InChI is InChI=1S/C22H20O3/c1-3-4-5-14-21(23)19-12-8-6-10-17(19)15-16-18-11-7-9-13-20(18)22(24)25-2/h3,6-13H,1,4-5,14H2,2H3. The SMILES string of the molecule is C=CCCCC(=O)c1ccccc1C#Cc1ccccc1C(=O)OC. The minimum atomic E-state index is -0.432. The van der Waals surface area contributed by atoms with Crippen molar-refractivity contribution < 1.29 is 14.3 Å². The molecule has 0 amide bonds. The Morgan fingerprint density at radius 2 is 1.56 bits per heavy atom. The molecule has 3 heteroatoms. The van der Waals surface area contributed by atoms with Crippen LogP contribution in [0.3, 0.4) is 0 Å². The molecule has 0 bridgehead atoms. The summed E-state index contributed by atoms with van der Waals surface area (Å²) in [6.45, 7) is 3.67.